The number of ether oxygens (including phenoxy) is 1. The molecule has 70 heavy (non-hydrogen) atoms. The zero-order valence-corrected chi connectivity index (χ0v) is 45.6. The van der Waals surface area contributed by atoms with Crippen molar-refractivity contribution in [3.63, 3.8) is 0 Å². The summed E-state index contributed by atoms with van der Waals surface area (Å²) in [5, 5.41) is 23.9. The first-order valence-electron chi connectivity index (χ1n) is 29.1. The molecule has 400 valence electrons. The minimum Gasteiger partial charge on any atom is -0.462 e. The lowest BCUT2D eigenvalue weighted by Gasteiger charge is -2.24. The molecule has 6 heteroatoms. The van der Waals surface area contributed by atoms with Crippen LogP contribution in [-0.4, -0.2) is 46.9 Å². The van der Waals surface area contributed by atoms with Crippen molar-refractivity contribution in [1.82, 2.24) is 5.32 Å². The Hall–Kier alpha value is -3.48. The molecule has 0 aromatic rings. The van der Waals surface area contributed by atoms with E-state index in [2.05, 4.69) is 135 Å². The summed E-state index contributed by atoms with van der Waals surface area (Å²) in [6.45, 7) is 6.33. The first kappa shape index (κ1) is 66.5. The Morgan fingerprint density at radius 2 is 0.786 bits per heavy atom. The predicted octanol–water partition coefficient (Wildman–Crippen LogP) is 18.2. The molecule has 0 spiro atoms. The summed E-state index contributed by atoms with van der Waals surface area (Å²) >= 11 is 0. The van der Waals surface area contributed by atoms with Crippen LogP contribution in [0.4, 0.5) is 0 Å². The van der Waals surface area contributed by atoms with Crippen molar-refractivity contribution in [2.75, 3.05) is 6.61 Å². The third kappa shape index (κ3) is 50.9. The Balaban J connectivity index is 4.74. The molecule has 1 amide bonds. The Morgan fingerprint density at radius 3 is 1.21 bits per heavy atom. The van der Waals surface area contributed by atoms with Crippen molar-refractivity contribution in [2.45, 2.75) is 277 Å². The van der Waals surface area contributed by atoms with Crippen LogP contribution < -0.4 is 5.32 Å². The first-order valence-corrected chi connectivity index (χ1v) is 29.1. The highest BCUT2D eigenvalue weighted by Crippen LogP contribution is 2.17. The molecule has 6 nitrogen and oxygen atoms in total. The van der Waals surface area contributed by atoms with E-state index in [1.54, 1.807) is 0 Å². The van der Waals surface area contributed by atoms with E-state index >= 15 is 0 Å². The number of amides is 1. The Morgan fingerprint density at radius 1 is 0.429 bits per heavy atom. The average Bonchev–Trinajstić information content (AvgIpc) is 3.35. The molecule has 0 aromatic carbocycles. The fraction of sp³-hybridized carbons (Fsp3) is 0.688. The first-order chi connectivity index (χ1) is 34.5. The molecule has 0 bridgehead atoms. The standard InChI is InChI=1S/C64H109NO5/c1-4-7-10-13-16-19-22-25-28-30-31-33-36-39-42-45-48-51-54-57-64(69)70-60(55-52-49-46-43-40-37-35-32-29-26-23-20-17-14-11-8-5-2)58-63(68)65-61(59-66)62(67)56-53-50-47-44-41-38-34-27-24-21-18-15-12-9-6-3/h7,10,16-17,19-20,25-26,28-29,31,33,35,37,39,42-43,46,60-62,66-67H,4-6,8-9,11-15,18,21-24,27,30,32,34,36,38,40-41,44-45,47-59H2,1-3H3,(H,65,68)/b10-7-,19-16-,20-17-,28-25-,29-26-,33-31-,37-35-,42-39-,46-43-. The average molecular weight is 973 g/mol. The maximum atomic E-state index is 13.3. The molecule has 0 saturated heterocycles. The quantitative estimate of drug-likeness (QED) is 0.0321. The fourth-order valence-electron chi connectivity index (χ4n) is 8.21. The van der Waals surface area contributed by atoms with Gasteiger partial charge in [0.15, 0.2) is 0 Å². The van der Waals surface area contributed by atoms with Crippen molar-refractivity contribution >= 4 is 11.9 Å². The van der Waals surface area contributed by atoms with E-state index in [1.165, 1.54) is 103 Å². The smallest absolute Gasteiger partial charge is 0.306 e. The van der Waals surface area contributed by atoms with Crippen molar-refractivity contribution in [1.29, 1.82) is 0 Å². The topological polar surface area (TPSA) is 95.9 Å². The number of esters is 1. The van der Waals surface area contributed by atoms with Crippen LogP contribution in [0.15, 0.2) is 109 Å². The number of rotatable bonds is 51. The third-order valence-electron chi connectivity index (χ3n) is 12.6. The van der Waals surface area contributed by atoms with E-state index in [1.807, 2.05) is 0 Å². The van der Waals surface area contributed by atoms with Gasteiger partial charge >= 0.3 is 5.97 Å². The number of aliphatic hydroxyl groups excluding tert-OH is 2. The normalized spacial score (nSPS) is 14.0. The molecule has 0 saturated carbocycles. The number of hydrogen-bond donors (Lipinski definition) is 3. The highest BCUT2D eigenvalue weighted by atomic mass is 16.5. The van der Waals surface area contributed by atoms with Gasteiger partial charge in [-0.15, -0.1) is 0 Å². The van der Waals surface area contributed by atoms with Crippen molar-refractivity contribution in [3.05, 3.63) is 109 Å². The zero-order valence-electron chi connectivity index (χ0n) is 45.6. The van der Waals surface area contributed by atoms with Gasteiger partial charge in [0.2, 0.25) is 5.91 Å². The van der Waals surface area contributed by atoms with Crippen LogP contribution in [0.3, 0.4) is 0 Å². The number of allylic oxidation sites excluding steroid dienone is 18. The predicted molar refractivity (Wildman–Crippen MR) is 305 cm³/mol. The van der Waals surface area contributed by atoms with Crippen LogP contribution >= 0.6 is 0 Å². The lowest BCUT2D eigenvalue weighted by Crippen LogP contribution is -2.46. The molecule has 0 heterocycles. The molecule has 3 N–H and O–H groups in total. The number of carbonyl (C=O) groups is 2. The van der Waals surface area contributed by atoms with Gasteiger partial charge in [0.05, 0.1) is 25.2 Å². The second kappa shape index (κ2) is 56.4. The molecular weight excluding hydrogens is 863 g/mol. The number of nitrogens with one attached hydrogen (secondary N) is 1. The number of aliphatic hydroxyl groups is 2. The highest BCUT2D eigenvalue weighted by Gasteiger charge is 2.24. The second-order valence-corrected chi connectivity index (χ2v) is 19.3. The summed E-state index contributed by atoms with van der Waals surface area (Å²) in [7, 11) is 0. The molecular formula is C64H109NO5. The highest BCUT2D eigenvalue weighted by molar-refractivity contribution is 5.77. The summed E-state index contributed by atoms with van der Waals surface area (Å²) in [5.41, 5.74) is 0. The zero-order chi connectivity index (χ0) is 50.9. The second-order valence-electron chi connectivity index (χ2n) is 19.3. The van der Waals surface area contributed by atoms with Crippen molar-refractivity contribution in [3.8, 4) is 0 Å². The van der Waals surface area contributed by atoms with Gasteiger partial charge in [-0.2, -0.15) is 0 Å². The van der Waals surface area contributed by atoms with Crippen LogP contribution in [0.25, 0.3) is 0 Å². The minimum atomic E-state index is -0.816. The van der Waals surface area contributed by atoms with E-state index in [0.717, 1.165) is 109 Å². The fourth-order valence-corrected chi connectivity index (χ4v) is 8.21. The Kier molecular flexibility index (Phi) is 53.6. The van der Waals surface area contributed by atoms with Gasteiger partial charge in [-0.3, -0.25) is 9.59 Å². The molecule has 0 aromatic heterocycles. The number of carbonyl (C=O) groups excluding carboxylic acids is 2. The van der Waals surface area contributed by atoms with Crippen LogP contribution in [0.1, 0.15) is 258 Å². The molecule has 0 fully saturated rings. The van der Waals surface area contributed by atoms with Gasteiger partial charge < -0.3 is 20.3 Å². The van der Waals surface area contributed by atoms with Gasteiger partial charge in [0, 0.05) is 6.42 Å². The lowest BCUT2D eigenvalue weighted by molar-refractivity contribution is -0.151. The van der Waals surface area contributed by atoms with Gasteiger partial charge in [-0.05, 0) is 109 Å². The van der Waals surface area contributed by atoms with E-state index < -0.39 is 18.2 Å². The van der Waals surface area contributed by atoms with E-state index in [9.17, 15) is 19.8 Å². The lowest BCUT2D eigenvalue weighted by atomic mass is 10.0. The maximum absolute atomic E-state index is 13.3. The Bertz CT molecular complexity index is 1420. The van der Waals surface area contributed by atoms with Crippen molar-refractivity contribution in [2.24, 2.45) is 0 Å². The summed E-state index contributed by atoms with van der Waals surface area (Å²) in [6, 6.07) is -0.734. The molecule has 0 rings (SSSR count). The van der Waals surface area contributed by atoms with Crippen LogP contribution in [-0.2, 0) is 14.3 Å². The Labute approximate surface area is 432 Å². The summed E-state index contributed by atoms with van der Waals surface area (Å²) < 4.78 is 5.92. The molecule has 0 radical (unpaired) electrons. The van der Waals surface area contributed by atoms with Gasteiger partial charge in [-0.25, -0.2) is 0 Å². The van der Waals surface area contributed by atoms with Crippen LogP contribution in [0.2, 0.25) is 0 Å². The van der Waals surface area contributed by atoms with Gasteiger partial charge in [0.25, 0.3) is 0 Å². The summed E-state index contributed by atoms with van der Waals surface area (Å²) in [5.74, 6) is -0.570. The largest absolute Gasteiger partial charge is 0.462 e. The SMILES string of the molecule is CC/C=C\C/C=C\C/C=C\C/C=C\C/C=C\CCCCCC(=O)OC(CCC/C=C\C/C=C\C/C=C\C/C=C\CCCCC)CC(=O)NC(CO)C(O)CCCCCCCCCCCCCCCCC. The van der Waals surface area contributed by atoms with Gasteiger partial charge in [-0.1, -0.05) is 246 Å². The van der Waals surface area contributed by atoms with E-state index in [4.69, 9.17) is 4.74 Å². The maximum Gasteiger partial charge on any atom is 0.306 e. The molecule has 0 aliphatic carbocycles. The van der Waals surface area contributed by atoms with Crippen LogP contribution in [0, 0.1) is 0 Å². The number of hydrogen-bond acceptors (Lipinski definition) is 5. The molecule has 0 aliphatic heterocycles. The molecule has 3 atom stereocenters. The van der Waals surface area contributed by atoms with Gasteiger partial charge in [0.1, 0.15) is 6.10 Å². The third-order valence-corrected chi connectivity index (χ3v) is 12.6. The van der Waals surface area contributed by atoms with E-state index in [0.29, 0.717) is 19.3 Å². The summed E-state index contributed by atoms with van der Waals surface area (Å²) in [6.07, 6.45) is 77.2. The molecule has 3 unspecified atom stereocenters. The monoisotopic (exact) mass is 972 g/mol. The number of unbranched alkanes of at least 4 members (excludes halogenated alkanes) is 21. The van der Waals surface area contributed by atoms with Crippen molar-refractivity contribution < 1.29 is 24.5 Å². The van der Waals surface area contributed by atoms with E-state index in [-0.39, 0.29) is 24.9 Å². The molecule has 0 aliphatic rings. The van der Waals surface area contributed by atoms with Crippen LogP contribution in [0.5, 0.6) is 0 Å². The minimum absolute atomic E-state index is 0.0204. The summed E-state index contributed by atoms with van der Waals surface area (Å²) in [4.78, 5) is 26.3.